The maximum Gasteiger partial charge on any atom is 0.573 e. The van der Waals surface area contributed by atoms with Crippen LogP contribution in [0.1, 0.15) is 16.7 Å². The first-order valence-corrected chi connectivity index (χ1v) is 6.49. The Bertz CT molecular complexity index is 606. The molecular weight excluding hydrogens is 279 g/mol. The smallest absolute Gasteiger partial charge is 0.406 e. The second-order valence-electron chi connectivity index (χ2n) is 4.84. The number of hydrogen-bond donors (Lipinski definition) is 1. The molecule has 21 heavy (non-hydrogen) atoms. The van der Waals surface area contributed by atoms with Crippen LogP contribution in [0.25, 0.3) is 0 Å². The molecule has 0 aliphatic heterocycles. The Labute approximate surface area is 121 Å². The van der Waals surface area contributed by atoms with Gasteiger partial charge in [0.2, 0.25) is 0 Å². The van der Waals surface area contributed by atoms with Gasteiger partial charge in [-0.25, -0.2) is 0 Å². The van der Waals surface area contributed by atoms with Gasteiger partial charge in [0, 0.05) is 12.2 Å². The van der Waals surface area contributed by atoms with Crippen LogP contribution in [-0.2, 0) is 6.54 Å². The number of aryl methyl sites for hydroxylation is 2. The standard InChI is InChI=1S/C16H16F3NO/c1-11-3-4-13(9-12(11)2)10-20-14-5-7-15(8-6-14)21-16(17,18)19/h3-9,20H,10H2,1-2H3. The van der Waals surface area contributed by atoms with E-state index in [2.05, 4.69) is 16.1 Å². The maximum atomic E-state index is 12.0. The molecule has 2 aromatic carbocycles. The quantitative estimate of drug-likeness (QED) is 0.873. The van der Waals surface area contributed by atoms with Crippen molar-refractivity contribution in [2.75, 3.05) is 5.32 Å². The van der Waals surface area contributed by atoms with Crippen LogP contribution >= 0.6 is 0 Å². The largest absolute Gasteiger partial charge is 0.573 e. The topological polar surface area (TPSA) is 21.3 Å². The fourth-order valence-corrected chi connectivity index (χ4v) is 1.89. The summed E-state index contributed by atoms with van der Waals surface area (Å²) in [5.74, 6) is -0.223. The summed E-state index contributed by atoms with van der Waals surface area (Å²) in [7, 11) is 0. The first-order chi connectivity index (χ1) is 9.83. The van der Waals surface area contributed by atoms with Gasteiger partial charge in [0.1, 0.15) is 5.75 Å². The second kappa shape index (κ2) is 6.08. The van der Waals surface area contributed by atoms with Crippen LogP contribution < -0.4 is 10.1 Å². The molecule has 2 nitrogen and oxygen atoms in total. The second-order valence-corrected chi connectivity index (χ2v) is 4.84. The number of halogens is 3. The minimum absolute atomic E-state index is 0.223. The molecule has 0 heterocycles. The van der Waals surface area contributed by atoms with Gasteiger partial charge in [0.15, 0.2) is 0 Å². The van der Waals surface area contributed by atoms with Crippen LogP contribution in [0, 0.1) is 13.8 Å². The molecule has 0 amide bonds. The predicted molar refractivity (Wildman–Crippen MR) is 76.4 cm³/mol. The van der Waals surface area contributed by atoms with Crippen molar-refractivity contribution in [3.8, 4) is 5.75 Å². The van der Waals surface area contributed by atoms with Crippen LogP contribution in [0.5, 0.6) is 5.75 Å². The van der Waals surface area contributed by atoms with E-state index >= 15 is 0 Å². The molecule has 0 fully saturated rings. The molecule has 0 bridgehead atoms. The van der Waals surface area contributed by atoms with Crippen molar-refractivity contribution in [2.45, 2.75) is 26.8 Å². The highest BCUT2D eigenvalue weighted by molar-refractivity contribution is 5.47. The molecule has 0 aromatic heterocycles. The lowest BCUT2D eigenvalue weighted by molar-refractivity contribution is -0.274. The average molecular weight is 295 g/mol. The fraction of sp³-hybridized carbons (Fsp3) is 0.250. The Balaban J connectivity index is 1.96. The Morgan fingerprint density at radius 1 is 0.952 bits per heavy atom. The van der Waals surface area contributed by atoms with E-state index in [1.165, 1.54) is 23.3 Å². The third kappa shape index (κ3) is 4.70. The molecule has 0 unspecified atom stereocenters. The van der Waals surface area contributed by atoms with E-state index in [4.69, 9.17) is 0 Å². The molecule has 0 saturated carbocycles. The van der Waals surface area contributed by atoms with Crippen molar-refractivity contribution in [1.29, 1.82) is 0 Å². The minimum atomic E-state index is -4.66. The SMILES string of the molecule is Cc1ccc(CNc2ccc(OC(F)(F)F)cc2)cc1C. The lowest BCUT2D eigenvalue weighted by atomic mass is 10.1. The zero-order chi connectivity index (χ0) is 15.5. The first-order valence-electron chi connectivity index (χ1n) is 6.49. The van der Waals surface area contributed by atoms with E-state index in [-0.39, 0.29) is 5.75 Å². The van der Waals surface area contributed by atoms with Gasteiger partial charge in [0.05, 0.1) is 0 Å². The Morgan fingerprint density at radius 2 is 1.62 bits per heavy atom. The van der Waals surface area contributed by atoms with Crippen LogP contribution in [0.4, 0.5) is 18.9 Å². The highest BCUT2D eigenvalue weighted by atomic mass is 19.4. The Kier molecular flexibility index (Phi) is 4.40. The van der Waals surface area contributed by atoms with E-state index in [0.29, 0.717) is 6.54 Å². The molecule has 1 N–H and O–H groups in total. The summed E-state index contributed by atoms with van der Waals surface area (Å²) in [5.41, 5.74) is 4.30. The van der Waals surface area contributed by atoms with Crippen molar-refractivity contribution in [1.82, 2.24) is 0 Å². The summed E-state index contributed by atoms with van der Waals surface area (Å²) in [6.07, 6.45) is -4.66. The van der Waals surface area contributed by atoms with Gasteiger partial charge in [-0.3, -0.25) is 0 Å². The van der Waals surface area contributed by atoms with Gasteiger partial charge in [0.25, 0.3) is 0 Å². The van der Waals surface area contributed by atoms with Gasteiger partial charge in [-0.1, -0.05) is 18.2 Å². The summed E-state index contributed by atoms with van der Waals surface area (Å²) >= 11 is 0. The third-order valence-electron chi connectivity index (χ3n) is 3.16. The van der Waals surface area contributed by atoms with Crippen molar-refractivity contribution in [3.63, 3.8) is 0 Å². The van der Waals surface area contributed by atoms with Crippen molar-refractivity contribution < 1.29 is 17.9 Å². The van der Waals surface area contributed by atoms with Crippen LogP contribution in [-0.4, -0.2) is 6.36 Å². The van der Waals surface area contributed by atoms with E-state index in [0.717, 1.165) is 11.3 Å². The van der Waals surface area contributed by atoms with Gasteiger partial charge in [-0.15, -0.1) is 13.2 Å². The van der Waals surface area contributed by atoms with E-state index in [1.54, 1.807) is 12.1 Å². The predicted octanol–water partition coefficient (Wildman–Crippen LogP) is 4.81. The fourth-order valence-electron chi connectivity index (χ4n) is 1.89. The van der Waals surface area contributed by atoms with Gasteiger partial charge in [-0.2, -0.15) is 0 Å². The van der Waals surface area contributed by atoms with Crippen molar-refractivity contribution >= 4 is 5.69 Å². The molecule has 0 spiro atoms. The van der Waals surface area contributed by atoms with Crippen LogP contribution in [0.3, 0.4) is 0 Å². The summed E-state index contributed by atoms with van der Waals surface area (Å²) in [6, 6.07) is 11.9. The zero-order valence-corrected chi connectivity index (χ0v) is 11.8. The van der Waals surface area contributed by atoms with Gasteiger partial charge < -0.3 is 10.1 Å². The normalized spacial score (nSPS) is 11.3. The summed E-state index contributed by atoms with van der Waals surface area (Å²) in [6.45, 7) is 4.70. The molecule has 112 valence electrons. The van der Waals surface area contributed by atoms with E-state index in [1.807, 2.05) is 26.0 Å². The number of benzene rings is 2. The average Bonchev–Trinajstić information content (AvgIpc) is 2.40. The summed E-state index contributed by atoms with van der Waals surface area (Å²) < 4.78 is 40.0. The molecular formula is C16H16F3NO. The molecule has 0 saturated heterocycles. The Morgan fingerprint density at radius 3 is 2.19 bits per heavy atom. The van der Waals surface area contributed by atoms with Crippen LogP contribution in [0.15, 0.2) is 42.5 Å². The lowest BCUT2D eigenvalue weighted by Gasteiger charge is -2.11. The molecule has 2 aromatic rings. The number of ether oxygens (including phenoxy) is 1. The van der Waals surface area contributed by atoms with Crippen molar-refractivity contribution in [3.05, 3.63) is 59.2 Å². The van der Waals surface area contributed by atoms with Gasteiger partial charge >= 0.3 is 6.36 Å². The number of alkyl halides is 3. The van der Waals surface area contributed by atoms with E-state index < -0.39 is 6.36 Å². The number of nitrogens with one attached hydrogen (secondary N) is 1. The van der Waals surface area contributed by atoms with Crippen LogP contribution in [0.2, 0.25) is 0 Å². The lowest BCUT2D eigenvalue weighted by Crippen LogP contribution is -2.17. The third-order valence-corrected chi connectivity index (χ3v) is 3.16. The number of hydrogen-bond acceptors (Lipinski definition) is 2. The van der Waals surface area contributed by atoms with Gasteiger partial charge in [-0.05, 0) is 54.8 Å². The maximum absolute atomic E-state index is 12.0. The monoisotopic (exact) mass is 295 g/mol. The molecule has 5 heteroatoms. The highest BCUT2D eigenvalue weighted by Gasteiger charge is 2.30. The molecule has 0 aliphatic rings. The number of anilines is 1. The van der Waals surface area contributed by atoms with Crippen molar-refractivity contribution in [2.24, 2.45) is 0 Å². The summed E-state index contributed by atoms with van der Waals surface area (Å²) in [5, 5.41) is 3.16. The minimum Gasteiger partial charge on any atom is -0.406 e. The highest BCUT2D eigenvalue weighted by Crippen LogP contribution is 2.24. The number of rotatable bonds is 4. The zero-order valence-electron chi connectivity index (χ0n) is 11.8. The molecule has 0 aliphatic carbocycles. The first kappa shape index (κ1) is 15.2. The Hall–Kier alpha value is -2.17. The molecule has 2 rings (SSSR count). The summed E-state index contributed by atoms with van der Waals surface area (Å²) in [4.78, 5) is 0. The molecule has 0 radical (unpaired) electrons. The van der Waals surface area contributed by atoms with E-state index in [9.17, 15) is 13.2 Å². The molecule has 0 atom stereocenters.